The SMILES string of the molecule is [NH3+][C@@H](CCC(=O)O)C(=O)N[C@@H](Cc1c[nH]c2c(C(F)(F)F)cccc12)C(=O)O. The first-order chi connectivity index (χ1) is 13.0. The Balaban J connectivity index is 2.20. The molecule has 2 aromatic rings. The Kier molecular flexibility index (Phi) is 6.29. The van der Waals surface area contributed by atoms with Crippen molar-refractivity contribution in [3.63, 3.8) is 0 Å². The highest BCUT2D eigenvalue weighted by Crippen LogP contribution is 2.35. The number of alkyl halides is 3. The van der Waals surface area contributed by atoms with Crippen molar-refractivity contribution in [2.75, 3.05) is 0 Å². The number of nitrogens with one attached hydrogen (secondary N) is 2. The number of amides is 1. The Labute approximate surface area is 156 Å². The fourth-order valence-corrected chi connectivity index (χ4v) is 2.76. The van der Waals surface area contributed by atoms with Gasteiger partial charge in [0, 0.05) is 24.4 Å². The number of benzene rings is 1. The zero-order chi connectivity index (χ0) is 21.1. The molecule has 0 saturated heterocycles. The summed E-state index contributed by atoms with van der Waals surface area (Å²) in [6.07, 6.45) is -3.94. The third-order valence-electron chi connectivity index (χ3n) is 4.22. The zero-order valence-corrected chi connectivity index (χ0v) is 14.5. The summed E-state index contributed by atoms with van der Waals surface area (Å²) in [5.41, 5.74) is 2.75. The average molecular weight is 402 g/mol. The van der Waals surface area contributed by atoms with Gasteiger partial charge in [-0.25, -0.2) is 4.79 Å². The van der Waals surface area contributed by atoms with Crippen molar-refractivity contribution in [3.05, 3.63) is 35.5 Å². The molecule has 0 bridgehead atoms. The van der Waals surface area contributed by atoms with Crippen molar-refractivity contribution >= 4 is 28.7 Å². The first-order valence-electron chi connectivity index (χ1n) is 8.25. The number of aromatic amines is 1. The number of hydrogen-bond acceptors (Lipinski definition) is 3. The third kappa shape index (κ3) is 5.00. The van der Waals surface area contributed by atoms with Gasteiger partial charge in [0.2, 0.25) is 0 Å². The summed E-state index contributed by atoms with van der Waals surface area (Å²) in [5.74, 6) is -3.24. The molecule has 0 aliphatic rings. The van der Waals surface area contributed by atoms with Crippen LogP contribution in [0.25, 0.3) is 10.9 Å². The number of carbonyl (C=O) groups excluding carboxylic acids is 1. The second-order valence-electron chi connectivity index (χ2n) is 6.27. The summed E-state index contributed by atoms with van der Waals surface area (Å²) >= 11 is 0. The number of quaternary nitrogens is 1. The van der Waals surface area contributed by atoms with Gasteiger partial charge in [-0.05, 0) is 11.6 Å². The van der Waals surface area contributed by atoms with Gasteiger partial charge in [0.25, 0.3) is 5.91 Å². The topological polar surface area (TPSA) is 147 Å². The van der Waals surface area contributed by atoms with Crippen LogP contribution < -0.4 is 11.1 Å². The highest BCUT2D eigenvalue weighted by atomic mass is 19.4. The standard InChI is InChI=1S/C17H18F3N3O5/c18-17(19,20)10-3-1-2-9-8(7-22-14(9)10)6-12(16(27)28)23-15(26)11(21)4-5-13(24)25/h1-3,7,11-12,22H,4-6,21H2,(H,23,26)(H,24,25)(H,27,28)/p+1/t11-,12-/m0/s1. The molecule has 11 heteroatoms. The van der Waals surface area contributed by atoms with Crippen LogP contribution in [0.4, 0.5) is 13.2 Å². The van der Waals surface area contributed by atoms with Crippen molar-refractivity contribution in [2.24, 2.45) is 0 Å². The van der Waals surface area contributed by atoms with E-state index >= 15 is 0 Å². The van der Waals surface area contributed by atoms with Crippen LogP contribution in [-0.4, -0.2) is 45.1 Å². The van der Waals surface area contributed by atoms with Gasteiger partial charge < -0.3 is 26.2 Å². The zero-order valence-electron chi connectivity index (χ0n) is 14.5. The van der Waals surface area contributed by atoms with Gasteiger partial charge in [0.05, 0.1) is 17.5 Å². The molecule has 28 heavy (non-hydrogen) atoms. The van der Waals surface area contributed by atoms with E-state index in [0.717, 1.165) is 6.07 Å². The van der Waals surface area contributed by atoms with Crippen LogP contribution in [0.3, 0.4) is 0 Å². The average Bonchev–Trinajstić information content (AvgIpc) is 3.00. The molecule has 0 aliphatic heterocycles. The second-order valence-corrected chi connectivity index (χ2v) is 6.27. The summed E-state index contributed by atoms with van der Waals surface area (Å²) < 4.78 is 39.3. The van der Waals surface area contributed by atoms with Gasteiger partial charge in [0.1, 0.15) is 6.04 Å². The van der Waals surface area contributed by atoms with E-state index in [1.165, 1.54) is 18.3 Å². The Morgan fingerprint density at radius 1 is 1.21 bits per heavy atom. The number of rotatable bonds is 8. The number of hydrogen-bond donors (Lipinski definition) is 5. The molecule has 1 aromatic carbocycles. The van der Waals surface area contributed by atoms with E-state index in [4.69, 9.17) is 5.11 Å². The van der Waals surface area contributed by atoms with Crippen LogP contribution in [0.2, 0.25) is 0 Å². The Bertz CT molecular complexity index is 894. The molecular formula is C17H19F3N3O5+. The van der Waals surface area contributed by atoms with Crippen molar-refractivity contribution in [3.8, 4) is 0 Å². The lowest BCUT2D eigenvalue weighted by Crippen LogP contribution is -2.68. The van der Waals surface area contributed by atoms with Crippen LogP contribution in [-0.2, 0) is 27.0 Å². The van der Waals surface area contributed by atoms with E-state index in [0.29, 0.717) is 5.56 Å². The molecule has 2 rings (SSSR count). The van der Waals surface area contributed by atoms with Crippen LogP contribution in [0.1, 0.15) is 24.0 Å². The lowest BCUT2D eigenvalue weighted by atomic mass is 10.0. The van der Waals surface area contributed by atoms with E-state index in [1.807, 2.05) is 0 Å². The first-order valence-corrected chi connectivity index (χ1v) is 8.25. The molecule has 0 fully saturated rings. The van der Waals surface area contributed by atoms with Gasteiger partial charge in [0.15, 0.2) is 6.04 Å². The summed E-state index contributed by atoms with van der Waals surface area (Å²) in [6, 6.07) is 1.17. The van der Waals surface area contributed by atoms with Crippen LogP contribution in [0, 0.1) is 0 Å². The molecule has 0 aliphatic carbocycles. The minimum absolute atomic E-state index is 0.0739. The van der Waals surface area contributed by atoms with Crippen molar-refractivity contribution < 1.29 is 43.5 Å². The van der Waals surface area contributed by atoms with Gasteiger partial charge in [-0.3, -0.25) is 9.59 Å². The van der Waals surface area contributed by atoms with E-state index in [-0.39, 0.29) is 30.2 Å². The van der Waals surface area contributed by atoms with Gasteiger partial charge in [-0.15, -0.1) is 0 Å². The summed E-state index contributed by atoms with van der Waals surface area (Å²) in [4.78, 5) is 36.6. The number of carboxylic acids is 2. The predicted molar refractivity (Wildman–Crippen MR) is 90.1 cm³/mol. The smallest absolute Gasteiger partial charge is 0.418 e. The van der Waals surface area contributed by atoms with Crippen LogP contribution >= 0.6 is 0 Å². The Hall–Kier alpha value is -3.08. The minimum atomic E-state index is -4.58. The van der Waals surface area contributed by atoms with Gasteiger partial charge >= 0.3 is 18.1 Å². The van der Waals surface area contributed by atoms with Crippen LogP contribution in [0.5, 0.6) is 0 Å². The van der Waals surface area contributed by atoms with Crippen molar-refractivity contribution in [1.29, 1.82) is 0 Å². The number of fused-ring (bicyclic) bond motifs is 1. The monoisotopic (exact) mass is 402 g/mol. The number of H-pyrrole nitrogens is 1. The molecule has 0 radical (unpaired) electrons. The number of carboxylic acid groups (broad SMARTS) is 2. The molecule has 0 saturated carbocycles. The molecule has 2 atom stereocenters. The number of para-hydroxylation sites is 1. The Morgan fingerprint density at radius 3 is 2.46 bits per heavy atom. The lowest BCUT2D eigenvalue weighted by Gasteiger charge is -2.16. The molecule has 7 N–H and O–H groups in total. The molecule has 1 amide bonds. The summed E-state index contributed by atoms with van der Waals surface area (Å²) in [5, 5.41) is 20.4. The maximum absolute atomic E-state index is 13.1. The van der Waals surface area contributed by atoms with E-state index < -0.39 is 41.7 Å². The van der Waals surface area contributed by atoms with Gasteiger partial charge in [-0.2, -0.15) is 13.2 Å². The maximum Gasteiger partial charge on any atom is 0.418 e. The van der Waals surface area contributed by atoms with E-state index in [1.54, 1.807) is 0 Å². The van der Waals surface area contributed by atoms with E-state index in [2.05, 4.69) is 16.0 Å². The van der Waals surface area contributed by atoms with Crippen LogP contribution in [0.15, 0.2) is 24.4 Å². The molecule has 0 spiro atoms. The van der Waals surface area contributed by atoms with Gasteiger partial charge in [-0.1, -0.05) is 12.1 Å². The number of aliphatic carboxylic acids is 2. The maximum atomic E-state index is 13.1. The van der Waals surface area contributed by atoms with Crippen molar-refractivity contribution in [1.82, 2.24) is 10.3 Å². The molecule has 1 aromatic heterocycles. The fourth-order valence-electron chi connectivity index (χ4n) is 2.76. The van der Waals surface area contributed by atoms with E-state index in [9.17, 15) is 32.7 Å². The fraction of sp³-hybridized carbons (Fsp3) is 0.353. The second kappa shape index (κ2) is 8.30. The quantitative estimate of drug-likeness (QED) is 0.443. The molecule has 152 valence electrons. The third-order valence-corrected chi connectivity index (χ3v) is 4.22. The van der Waals surface area contributed by atoms with Crippen molar-refractivity contribution in [2.45, 2.75) is 37.5 Å². The summed E-state index contributed by atoms with van der Waals surface area (Å²) in [7, 11) is 0. The summed E-state index contributed by atoms with van der Waals surface area (Å²) in [6.45, 7) is 0. The normalized spacial score (nSPS) is 13.9. The number of halogens is 3. The Morgan fingerprint density at radius 2 is 1.89 bits per heavy atom. The first kappa shape index (κ1) is 21.2. The predicted octanol–water partition coefficient (Wildman–Crippen LogP) is 0.774. The molecule has 8 nitrogen and oxygen atoms in total. The molecule has 0 unspecified atom stereocenters. The highest BCUT2D eigenvalue weighted by Gasteiger charge is 2.34. The molecular weight excluding hydrogens is 383 g/mol. The lowest BCUT2D eigenvalue weighted by molar-refractivity contribution is -0.405. The largest absolute Gasteiger partial charge is 0.481 e. The molecule has 1 heterocycles. The minimum Gasteiger partial charge on any atom is -0.481 e. The number of carbonyl (C=O) groups is 3. The number of aromatic nitrogens is 1. The highest BCUT2D eigenvalue weighted by molar-refractivity contribution is 5.89.